The van der Waals surface area contributed by atoms with Gasteiger partial charge in [0.15, 0.2) is 10.7 Å². The summed E-state index contributed by atoms with van der Waals surface area (Å²) < 4.78 is 4.90. The van der Waals surface area contributed by atoms with Crippen LogP contribution in [0.15, 0.2) is 30.3 Å². The topological polar surface area (TPSA) is 66.9 Å². The Bertz CT molecular complexity index is 655. The molecule has 0 saturated carbocycles. The highest BCUT2D eigenvalue weighted by Gasteiger charge is 2.51. The Balaban J connectivity index is 1.62. The zero-order valence-corrected chi connectivity index (χ0v) is 15.6. The number of fused-ring (bicyclic) bond motifs is 3. The molecule has 6 nitrogen and oxygen atoms in total. The van der Waals surface area contributed by atoms with E-state index in [1.807, 2.05) is 30.3 Å². The average molecular weight is 380 g/mol. The average Bonchev–Trinajstić information content (AvgIpc) is 2.61. The Hall–Kier alpha value is -1.67. The van der Waals surface area contributed by atoms with Crippen LogP contribution in [-0.4, -0.2) is 51.5 Å². The lowest BCUT2D eigenvalue weighted by Crippen LogP contribution is -2.64. The second-order valence-electron chi connectivity index (χ2n) is 5.79. The number of carbonyl (C=O) groups excluding carboxylic acids is 3. The normalized spacial score (nSPS) is 22.4. The highest BCUT2D eigenvalue weighted by Crippen LogP contribution is 2.47. The van der Waals surface area contributed by atoms with Crippen molar-refractivity contribution in [1.82, 2.24) is 9.80 Å². The number of hydrogen-bond acceptors (Lipinski definition) is 6. The van der Waals surface area contributed by atoms with Crippen molar-refractivity contribution in [2.45, 2.75) is 37.1 Å². The number of nitrogens with zero attached hydrogens (tertiary/aromatic N) is 2. The van der Waals surface area contributed by atoms with Crippen molar-refractivity contribution in [3.8, 4) is 0 Å². The van der Waals surface area contributed by atoms with E-state index in [-0.39, 0.29) is 24.2 Å². The van der Waals surface area contributed by atoms with Gasteiger partial charge >= 0.3 is 5.97 Å². The lowest BCUT2D eigenvalue weighted by Gasteiger charge is -2.48. The van der Waals surface area contributed by atoms with Gasteiger partial charge in [-0.3, -0.25) is 14.4 Å². The fraction of sp³-hybridized carbons (Fsp3) is 0.471. The van der Waals surface area contributed by atoms with Crippen LogP contribution in [-0.2, 0) is 25.7 Å². The summed E-state index contributed by atoms with van der Waals surface area (Å²) in [6.07, 6.45) is 0.764. The third-order valence-corrected chi connectivity index (χ3v) is 6.89. The Labute approximate surface area is 154 Å². The molecule has 3 saturated heterocycles. The van der Waals surface area contributed by atoms with Crippen molar-refractivity contribution in [2.24, 2.45) is 0 Å². The lowest BCUT2D eigenvalue weighted by molar-refractivity contribution is -0.154. The summed E-state index contributed by atoms with van der Waals surface area (Å²) >= 11 is 0. The van der Waals surface area contributed by atoms with Gasteiger partial charge in [0.1, 0.15) is 0 Å². The molecular weight excluding hydrogens is 360 g/mol. The predicted octanol–water partition coefficient (Wildman–Crippen LogP) is 2.25. The molecule has 3 heterocycles. The molecule has 0 radical (unpaired) electrons. The zero-order chi connectivity index (χ0) is 17.8. The molecule has 3 fully saturated rings. The van der Waals surface area contributed by atoms with E-state index >= 15 is 0 Å². The monoisotopic (exact) mass is 380 g/mol. The van der Waals surface area contributed by atoms with Crippen LogP contribution in [0.1, 0.15) is 25.3 Å². The molecular formula is C17H20N2O4S2. The summed E-state index contributed by atoms with van der Waals surface area (Å²) in [7, 11) is 2.87. The molecule has 2 bridgehead atoms. The Morgan fingerprint density at radius 2 is 1.72 bits per heavy atom. The van der Waals surface area contributed by atoms with Crippen LogP contribution in [0.2, 0.25) is 0 Å². The number of amides is 2. The van der Waals surface area contributed by atoms with Crippen LogP contribution in [0.25, 0.3) is 0 Å². The van der Waals surface area contributed by atoms with Gasteiger partial charge in [0.25, 0.3) is 11.8 Å². The van der Waals surface area contributed by atoms with Crippen molar-refractivity contribution in [1.29, 1.82) is 0 Å². The van der Waals surface area contributed by atoms with Crippen molar-refractivity contribution in [3.05, 3.63) is 35.9 Å². The van der Waals surface area contributed by atoms with Crippen LogP contribution in [0, 0.1) is 0 Å². The van der Waals surface area contributed by atoms with Crippen LogP contribution in [0.3, 0.4) is 0 Å². The number of carbonyl (C=O) groups is 3. The quantitative estimate of drug-likeness (QED) is 0.534. The van der Waals surface area contributed by atoms with Gasteiger partial charge in [-0.25, -0.2) is 0 Å². The van der Waals surface area contributed by atoms with E-state index in [0.717, 1.165) is 5.56 Å². The first-order valence-electron chi connectivity index (χ1n) is 8.24. The Kier molecular flexibility index (Phi) is 5.90. The summed E-state index contributed by atoms with van der Waals surface area (Å²) in [4.78, 5) is 40.2. The van der Waals surface area contributed by atoms with E-state index < -0.39 is 10.7 Å². The molecule has 4 rings (SSSR count). The second kappa shape index (κ2) is 8.14. The van der Waals surface area contributed by atoms with E-state index in [1.54, 1.807) is 16.7 Å². The van der Waals surface area contributed by atoms with E-state index in [9.17, 15) is 14.4 Å². The van der Waals surface area contributed by atoms with Crippen LogP contribution < -0.4 is 0 Å². The Morgan fingerprint density at radius 1 is 1.08 bits per heavy atom. The summed E-state index contributed by atoms with van der Waals surface area (Å²) in [5.74, 6) is -0.349. The highest BCUT2D eigenvalue weighted by molar-refractivity contribution is 8.77. The summed E-state index contributed by atoms with van der Waals surface area (Å²) in [5.41, 5.74) is 1.01. The summed E-state index contributed by atoms with van der Waals surface area (Å²) in [6.45, 7) is 2.96. The molecule has 2 amide bonds. The Morgan fingerprint density at radius 3 is 2.40 bits per heavy atom. The third-order valence-electron chi connectivity index (χ3n) is 4.07. The molecule has 0 N–H and O–H groups in total. The van der Waals surface area contributed by atoms with Crippen LogP contribution >= 0.6 is 21.6 Å². The van der Waals surface area contributed by atoms with Crippen molar-refractivity contribution >= 4 is 39.4 Å². The van der Waals surface area contributed by atoms with Crippen molar-refractivity contribution in [2.75, 3.05) is 13.2 Å². The zero-order valence-electron chi connectivity index (χ0n) is 13.9. The van der Waals surface area contributed by atoms with Gasteiger partial charge in [0.05, 0.1) is 6.61 Å². The third kappa shape index (κ3) is 3.95. The number of hydrogen-bond donors (Lipinski definition) is 0. The van der Waals surface area contributed by atoms with Crippen molar-refractivity contribution < 1.29 is 19.1 Å². The van der Waals surface area contributed by atoms with Crippen LogP contribution in [0.4, 0.5) is 0 Å². The minimum absolute atomic E-state index is 0.0339. The number of benzene rings is 1. The predicted molar refractivity (Wildman–Crippen MR) is 97.3 cm³/mol. The minimum atomic E-state index is -0.506. The van der Waals surface area contributed by atoms with E-state index in [2.05, 4.69) is 0 Å². The molecule has 0 spiro atoms. The molecule has 3 aliphatic heterocycles. The fourth-order valence-corrected chi connectivity index (χ4v) is 5.86. The second-order valence-corrected chi connectivity index (χ2v) is 8.22. The van der Waals surface area contributed by atoms with Crippen molar-refractivity contribution in [3.63, 3.8) is 0 Å². The molecule has 0 unspecified atom stereocenters. The smallest absolute Gasteiger partial charge is 0.305 e. The SMILES string of the molecule is CCOC(=O)CCCN1C(=O)[C@@H]2SS[C@H]1C(=O)N2Cc1ccccc1. The number of esters is 1. The van der Waals surface area contributed by atoms with Gasteiger partial charge in [-0.05, 0) is 18.9 Å². The maximum absolute atomic E-state index is 12.8. The van der Waals surface area contributed by atoms with Gasteiger partial charge < -0.3 is 14.5 Å². The molecule has 1 aromatic rings. The van der Waals surface area contributed by atoms with Gasteiger partial charge in [0.2, 0.25) is 0 Å². The first-order chi connectivity index (χ1) is 12.1. The summed E-state index contributed by atoms with van der Waals surface area (Å²) in [5, 5.41) is -1.00. The highest BCUT2D eigenvalue weighted by atomic mass is 33.1. The maximum atomic E-state index is 12.8. The summed E-state index contributed by atoms with van der Waals surface area (Å²) in [6, 6.07) is 9.68. The fourth-order valence-electron chi connectivity index (χ4n) is 2.87. The molecule has 0 aliphatic carbocycles. The van der Waals surface area contributed by atoms with E-state index in [4.69, 9.17) is 4.74 Å². The van der Waals surface area contributed by atoms with E-state index in [0.29, 0.717) is 26.1 Å². The standard InChI is InChI=1S/C17H20N2O4S2/c1-2-23-13(20)9-6-10-18-14(21)17-19(15(22)16(18)24-25-17)11-12-7-4-3-5-8-12/h3-5,7-8,16-17H,2,6,9-11H2,1H3/t16-,17-/m0/s1. The largest absolute Gasteiger partial charge is 0.466 e. The number of ether oxygens (including phenoxy) is 1. The van der Waals surface area contributed by atoms with E-state index in [1.165, 1.54) is 21.6 Å². The molecule has 3 aliphatic rings. The molecule has 25 heavy (non-hydrogen) atoms. The molecule has 0 aromatic heterocycles. The number of piperazine rings is 1. The first kappa shape index (κ1) is 18.1. The molecule has 8 heteroatoms. The van der Waals surface area contributed by atoms with Gasteiger partial charge in [-0.2, -0.15) is 0 Å². The first-order valence-corrected chi connectivity index (χ1v) is 10.5. The van der Waals surface area contributed by atoms with Gasteiger partial charge in [-0.1, -0.05) is 51.9 Å². The van der Waals surface area contributed by atoms with Gasteiger partial charge in [0, 0.05) is 19.5 Å². The lowest BCUT2D eigenvalue weighted by atomic mass is 10.1. The molecule has 1 aromatic carbocycles. The maximum Gasteiger partial charge on any atom is 0.305 e. The molecule has 2 atom stereocenters. The molecule has 134 valence electrons. The number of rotatable bonds is 7. The van der Waals surface area contributed by atoms with Crippen LogP contribution in [0.5, 0.6) is 0 Å². The minimum Gasteiger partial charge on any atom is -0.466 e. The van der Waals surface area contributed by atoms with Gasteiger partial charge in [-0.15, -0.1) is 0 Å².